The van der Waals surface area contributed by atoms with E-state index in [0.717, 1.165) is 0 Å². The molecule has 26 nitrogen and oxygen atoms in total. The van der Waals surface area contributed by atoms with Crippen molar-refractivity contribution in [3.8, 4) is 0 Å². The quantitative estimate of drug-likeness (QED) is 0.0209. The Morgan fingerprint density at radius 3 is 0.613 bits per heavy atom. The van der Waals surface area contributed by atoms with Gasteiger partial charge in [0.2, 0.25) is 47.8 Å². The third-order valence-electron chi connectivity index (χ3n) is 12.6. The van der Waals surface area contributed by atoms with E-state index >= 15 is 0 Å². The molecule has 0 spiro atoms. The standard InChI is InChI=1S/C49H98N16O10/c50-25-9-1-17-34(58-33-66)42(67)59-35(18-2-10-26-51)43(68)60-36(19-3-11-27-52)44(69)61-37(20-4-12-28-53)45(70)62-38(21-5-13-29-54)46(71)63-39(22-6-14-30-55)47(72)64-40(23-7-15-31-56)48(73)65-41(49(74)75)24-8-16-32-57/h33-41H,1-32,50-57H2,(H,58,66)(H,59,67)(H,60,68)(H,61,69)(H,62,70)(H,63,71)(H,64,72)(H,65,73)(H,74,75)/t34-,35+,36-,37+,38-,39+,40-,41+/m1/s1. The molecule has 26 heteroatoms. The summed E-state index contributed by atoms with van der Waals surface area (Å²) in [6.07, 6.45) is 9.19. The molecule has 0 radical (unpaired) electrons. The molecule has 0 rings (SSSR count). The second-order valence-corrected chi connectivity index (χ2v) is 18.9. The van der Waals surface area contributed by atoms with E-state index in [1.165, 1.54) is 0 Å². The lowest BCUT2D eigenvalue weighted by Gasteiger charge is -2.28. The highest BCUT2D eigenvalue weighted by atomic mass is 16.4. The van der Waals surface area contributed by atoms with Gasteiger partial charge in [-0.2, -0.15) is 0 Å². The summed E-state index contributed by atoms with van der Waals surface area (Å²) >= 11 is 0. The zero-order valence-corrected chi connectivity index (χ0v) is 44.6. The third kappa shape index (κ3) is 32.2. The fourth-order valence-electron chi connectivity index (χ4n) is 8.09. The summed E-state index contributed by atoms with van der Waals surface area (Å²) in [5, 5.41) is 31.4. The van der Waals surface area contributed by atoms with Crippen molar-refractivity contribution in [1.29, 1.82) is 0 Å². The van der Waals surface area contributed by atoms with Crippen molar-refractivity contribution >= 4 is 53.7 Å². The highest BCUT2D eigenvalue weighted by molar-refractivity contribution is 5.97. The normalized spacial score (nSPS) is 14.3. The number of carboxylic acid groups (broad SMARTS) is 1. The summed E-state index contributed by atoms with van der Waals surface area (Å²) < 4.78 is 0. The molecule has 8 atom stereocenters. The third-order valence-corrected chi connectivity index (χ3v) is 12.6. The van der Waals surface area contributed by atoms with Crippen molar-refractivity contribution in [3.63, 3.8) is 0 Å². The minimum atomic E-state index is -1.24. The molecular weight excluding hydrogens is 973 g/mol. The maximum absolute atomic E-state index is 14.4. The number of carbonyl (C=O) groups is 9. The molecule has 0 aromatic carbocycles. The molecule has 0 heterocycles. The molecule has 0 unspecified atom stereocenters. The van der Waals surface area contributed by atoms with Gasteiger partial charge in [0.1, 0.15) is 48.3 Å². The van der Waals surface area contributed by atoms with Gasteiger partial charge in [-0.15, -0.1) is 0 Å². The second kappa shape index (κ2) is 45.1. The number of hydrogen-bond acceptors (Lipinski definition) is 17. The molecule has 25 N–H and O–H groups in total. The Morgan fingerprint density at radius 1 is 0.280 bits per heavy atom. The molecule has 0 saturated heterocycles. The average molecular weight is 1070 g/mol. The summed E-state index contributed by atoms with van der Waals surface area (Å²) in [6.45, 7) is 2.56. The number of carboxylic acids is 1. The molecule has 8 amide bonds. The van der Waals surface area contributed by atoms with Crippen LogP contribution in [-0.2, 0) is 43.2 Å². The van der Waals surface area contributed by atoms with Crippen molar-refractivity contribution in [3.05, 3.63) is 0 Å². The first-order valence-electron chi connectivity index (χ1n) is 27.3. The minimum Gasteiger partial charge on any atom is -0.480 e. The van der Waals surface area contributed by atoms with E-state index in [4.69, 9.17) is 45.9 Å². The number of amides is 8. The van der Waals surface area contributed by atoms with Gasteiger partial charge in [-0.05, 0) is 206 Å². The van der Waals surface area contributed by atoms with E-state index in [1.54, 1.807) is 0 Å². The maximum atomic E-state index is 14.4. The Balaban J connectivity index is 6.82. The van der Waals surface area contributed by atoms with E-state index < -0.39 is 95.7 Å². The molecule has 0 aliphatic heterocycles. The second-order valence-electron chi connectivity index (χ2n) is 18.9. The van der Waals surface area contributed by atoms with Crippen LogP contribution in [0, 0.1) is 0 Å². The van der Waals surface area contributed by atoms with E-state index in [-0.39, 0.29) is 64.5 Å². The van der Waals surface area contributed by atoms with Gasteiger partial charge in [-0.1, -0.05) is 0 Å². The molecular formula is C49H98N16O10. The van der Waals surface area contributed by atoms with Gasteiger partial charge in [0.15, 0.2) is 0 Å². The summed E-state index contributed by atoms with van der Waals surface area (Å²) in [6, 6.07) is -9.33. The van der Waals surface area contributed by atoms with Gasteiger partial charge >= 0.3 is 5.97 Å². The van der Waals surface area contributed by atoms with Gasteiger partial charge in [0.25, 0.3) is 0 Å². The summed E-state index contributed by atoms with van der Waals surface area (Å²) in [5.74, 6) is -6.10. The van der Waals surface area contributed by atoms with Crippen molar-refractivity contribution < 1.29 is 48.3 Å². The topological polar surface area (TPSA) is 478 Å². The lowest BCUT2D eigenvalue weighted by molar-refractivity contribution is -0.142. The van der Waals surface area contributed by atoms with Gasteiger partial charge in [0.05, 0.1) is 0 Å². The number of unbranched alkanes of at least 4 members (excludes halogenated alkanes) is 8. The SMILES string of the molecule is NCCCC[C@H](NC(=O)[C@@H](CCCCN)NC(=O)[C@H](CCCCN)NC(=O)[C@@H](CCCCN)NC(=O)[C@H](CCCCN)NC(=O)[C@@H](CCCCN)NC(=O)[C@H](CCCCN)NC(=O)[C@@H](CCCCN)NC=O)C(=O)O. The van der Waals surface area contributed by atoms with Gasteiger partial charge < -0.3 is 93.5 Å². The van der Waals surface area contributed by atoms with Gasteiger partial charge in [0, 0.05) is 0 Å². The Labute approximate surface area is 444 Å². The molecule has 0 bridgehead atoms. The Hall–Kier alpha value is -5.09. The van der Waals surface area contributed by atoms with Crippen LogP contribution in [0.1, 0.15) is 154 Å². The zero-order chi connectivity index (χ0) is 56.2. The number of hydrogen-bond donors (Lipinski definition) is 17. The van der Waals surface area contributed by atoms with Crippen molar-refractivity contribution in [2.45, 2.75) is 202 Å². The number of carbonyl (C=O) groups excluding carboxylic acids is 8. The van der Waals surface area contributed by atoms with Crippen LogP contribution in [-0.4, -0.2) is 160 Å². The van der Waals surface area contributed by atoms with Gasteiger partial charge in [-0.3, -0.25) is 38.4 Å². The van der Waals surface area contributed by atoms with E-state index in [0.29, 0.717) is 148 Å². The summed E-state index contributed by atoms with van der Waals surface area (Å²) in [4.78, 5) is 121. The van der Waals surface area contributed by atoms with Crippen molar-refractivity contribution in [2.75, 3.05) is 52.4 Å². The monoisotopic (exact) mass is 1070 g/mol. The van der Waals surface area contributed by atoms with E-state index in [9.17, 15) is 48.3 Å². The highest BCUT2D eigenvalue weighted by Crippen LogP contribution is 2.13. The zero-order valence-electron chi connectivity index (χ0n) is 44.6. The van der Waals surface area contributed by atoms with Crippen molar-refractivity contribution in [1.82, 2.24) is 42.5 Å². The molecule has 0 saturated carbocycles. The fourth-order valence-corrected chi connectivity index (χ4v) is 8.09. The number of rotatable bonds is 49. The summed E-state index contributed by atoms with van der Waals surface area (Å²) in [5.41, 5.74) is 45.8. The molecule has 434 valence electrons. The lowest BCUT2D eigenvalue weighted by Crippen LogP contribution is -2.60. The van der Waals surface area contributed by atoms with Crippen molar-refractivity contribution in [2.24, 2.45) is 45.9 Å². The van der Waals surface area contributed by atoms with Crippen LogP contribution in [0.15, 0.2) is 0 Å². The molecule has 0 aromatic heterocycles. The van der Waals surface area contributed by atoms with Crippen LogP contribution in [0.5, 0.6) is 0 Å². The van der Waals surface area contributed by atoms with Crippen LogP contribution in [0.25, 0.3) is 0 Å². The highest BCUT2D eigenvalue weighted by Gasteiger charge is 2.34. The Morgan fingerprint density at radius 2 is 0.440 bits per heavy atom. The predicted octanol–water partition coefficient (Wildman–Crippen LogP) is -3.39. The van der Waals surface area contributed by atoms with E-state index in [1.807, 2.05) is 0 Å². The molecule has 0 aliphatic rings. The smallest absolute Gasteiger partial charge is 0.326 e. The maximum Gasteiger partial charge on any atom is 0.326 e. The van der Waals surface area contributed by atoms with Crippen LogP contribution in [0.3, 0.4) is 0 Å². The summed E-state index contributed by atoms with van der Waals surface area (Å²) in [7, 11) is 0. The van der Waals surface area contributed by atoms with Crippen LogP contribution >= 0.6 is 0 Å². The van der Waals surface area contributed by atoms with Crippen LogP contribution < -0.4 is 88.4 Å². The predicted molar refractivity (Wildman–Crippen MR) is 287 cm³/mol. The first-order chi connectivity index (χ1) is 36.1. The Kier molecular flexibility index (Phi) is 42.1. The first kappa shape index (κ1) is 69.9. The van der Waals surface area contributed by atoms with Gasteiger partial charge in [-0.25, -0.2) is 4.79 Å². The van der Waals surface area contributed by atoms with E-state index in [2.05, 4.69) is 42.5 Å². The Bertz CT molecular complexity index is 1640. The fraction of sp³-hybridized carbons (Fsp3) is 0.816. The molecule has 75 heavy (non-hydrogen) atoms. The first-order valence-corrected chi connectivity index (χ1v) is 27.3. The molecule has 0 aromatic rings. The number of nitrogens with two attached hydrogens (primary N) is 8. The van der Waals surface area contributed by atoms with Crippen LogP contribution in [0.2, 0.25) is 0 Å². The number of nitrogens with one attached hydrogen (secondary N) is 8. The number of aliphatic carboxylic acids is 1. The molecule has 0 aliphatic carbocycles. The average Bonchev–Trinajstić information content (AvgIpc) is 3.38. The lowest BCUT2D eigenvalue weighted by atomic mass is 10.0. The minimum absolute atomic E-state index is 0.0888. The molecule has 0 fully saturated rings. The van der Waals surface area contributed by atoms with Crippen LogP contribution in [0.4, 0.5) is 0 Å². The largest absolute Gasteiger partial charge is 0.480 e.